The van der Waals surface area contributed by atoms with Gasteiger partial charge in [-0.05, 0) is 64.6 Å². The van der Waals surface area contributed by atoms with Crippen LogP contribution < -0.4 is 21.3 Å². The SMILES string of the molecule is CCNCCCCN/C=C/CNCCCCNCC. The maximum absolute atomic E-state index is 3.42. The van der Waals surface area contributed by atoms with E-state index in [4.69, 9.17) is 0 Å². The van der Waals surface area contributed by atoms with Crippen LogP contribution in [0.1, 0.15) is 39.5 Å². The summed E-state index contributed by atoms with van der Waals surface area (Å²) in [4.78, 5) is 0. The third kappa shape index (κ3) is 17.4. The molecule has 0 bridgehead atoms. The number of hydrogen-bond donors (Lipinski definition) is 4. The molecule has 4 heteroatoms. The Labute approximate surface area is 119 Å². The van der Waals surface area contributed by atoms with Crippen molar-refractivity contribution in [2.75, 3.05) is 45.8 Å². The van der Waals surface area contributed by atoms with Crippen molar-refractivity contribution in [3.05, 3.63) is 12.3 Å². The molecule has 0 amide bonds. The molecule has 4 N–H and O–H groups in total. The van der Waals surface area contributed by atoms with Crippen LogP contribution in [0.2, 0.25) is 0 Å². The fourth-order valence-corrected chi connectivity index (χ4v) is 1.74. The Kier molecular flexibility index (Phi) is 16.9. The monoisotopic (exact) mass is 270 g/mol. The van der Waals surface area contributed by atoms with Gasteiger partial charge in [-0.2, -0.15) is 0 Å². The van der Waals surface area contributed by atoms with Crippen molar-refractivity contribution >= 4 is 0 Å². The van der Waals surface area contributed by atoms with Gasteiger partial charge >= 0.3 is 0 Å². The molecule has 0 aromatic heterocycles. The van der Waals surface area contributed by atoms with Gasteiger partial charge in [0.25, 0.3) is 0 Å². The van der Waals surface area contributed by atoms with E-state index in [0.717, 1.165) is 45.8 Å². The van der Waals surface area contributed by atoms with E-state index in [1.165, 1.54) is 25.7 Å². The summed E-state index contributed by atoms with van der Waals surface area (Å²) in [5.74, 6) is 0. The van der Waals surface area contributed by atoms with Crippen LogP contribution in [0.25, 0.3) is 0 Å². The van der Waals surface area contributed by atoms with Gasteiger partial charge in [0.2, 0.25) is 0 Å². The topological polar surface area (TPSA) is 48.1 Å². The molecule has 0 aromatic rings. The molecule has 0 saturated carbocycles. The molecule has 4 nitrogen and oxygen atoms in total. The van der Waals surface area contributed by atoms with E-state index in [9.17, 15) is 0 Å². The predicted molar refractivity (Wildman–Crippen MR) is 85.6 cm³/mol. The zero-order valence-corrected chi connectivity index (χ0v) is 12.9. The lowest BCUT2D eigenvalue weighted by Crippen LogP contribution is -2.19. The lowest BCUT2D eigenvalue weighted by molar-refractivity contribution is 0.607. The van der Waals surface area contributed by atoms with Gasteiger partial charge in [-0.25, -0.2) is 0 Å². The highest BCUT2D eigenvalue weighted by Crippen LogP contribution is 1.85. The maximum atomic E-state index is 3.42. The lowest BCUT2D eigenvalue weighted by Gasteiger charge is -2.03. The molecule has 0 heterocycles. The molecular formula is C15H34N4. The Hall–Kier alpha value is -0.580. The molecule has 19 heavy (non-hydrogen) atoms. The molecule has 0 aliphatic heterocycles. The molecule has 114 valence electrons. The van der Waals surface area contributed by atoms with Crippen molar-refractivity contribution in [1.29, 1.82) is 0 Å². The van der Waals surface area contributed by atoms with Gasteiger partial charge in [-0.1, -0.05) is 19.9 Å². The number of rotatable bonds is 15. The first-order valence-electron chi connectivity index (χ1n) is 7.92. The Morgan fingerprint density at radius 2 is 1.21 bits per heavy atom. The zero-order valence-electron chi connectivity index (χ0n) is 12.9. The summed E-state index contributed by atoms with van der Waals surface area (Å²) < 4.78 is 0. The van der Waals surface area contributed by atoms with E-state index in [2.05, 4.69) is 47.4 Å². The first kappa shape index (κ1) is 18.4. The molecule has 0 saturated heterocycles. The van der Waals surface area contributed by atoms with Crippen molar-refractivity contribution < 1.29 is 0 Å². The number of unbranched alkanes of at least 4 members (excludes halogenated alkanes) is 2. The first-order chi connectivity index (χ1) is 9.41. The predicted octanol–water partition coefficient (Wildman–Crippen LogP) is 1.46. The van der Waals surface area contributed by atoms with Crippen LogP contribution in [0.3, 0.4) is 0 Å². The summed E-state index contributed by atoms with van der Waals surface area (Å²) in [6.45, 7) is 11.9. The minimum Gasteiger partial charge on any atom is -0.391 e. The third-order valence-electron chi connectivity index (χ3n) is 2.88. The normalized spacial score (nSPS) is 11.3. The second-order valence-corrected chi connectivity index (χ2v) is 4.68. The molecule has 0 aromatic carbocycles. The van der Waals surface area contributed by atoms with Crippen LogP contribution in [-0.4, -0.2) is 45.8 Å². The Morgan fingerprint density at radius 1 is 0.684 bits per heavy atom. The van der Waals surface area contributed by atoms with Crippen LogP contribution in [-0.2, 0) is 0 Å². The average molecular weight is 270 g/mol. The third-order valence-corrected chi connectivity index (χ3v) is 2.88. The maximum Gasteiger partial charge on any atom is 0.0151 e. The van der Waals surface area contributed by atoms with E-state index in [0.29, 0.717) is 0 Å². The molecule has 0 spiro atoms. The molecule has 0 radical (unpaired) electrons. The van der Waals surface area contributed by atoms with Crippen molar-refractivity contribution in [2.45, 2.75) is 39.5 Å². The highest BCUT2D eigenvalue weighted by Gasteiger charge is 1.87. The summed E-state index contributed by atoms with van der Waals surface area (Å²) >= 11 is 0. The standard InChI is InChI=1S/C15H34N4/c1-3-16-10-5-7-12-18-14-9-15-19-13-8-6-11-17-4-2/h9,14,16-19H,3-8,10-13,15H2,1-2H3/b14-9+. The summed E-state index contributed by atoms with van der Waals surface area (Å²) in [5, 5.41) is 13.4. The molecular weight excluding hydrogens is 236 g/mol. The minimum atomic E-state index is 0.964. The van der Waals surface area contributed by atoms with Crippen LogP contribution in [0.15, 0.2) is 12.3 Å². The van der Waals surface area contributed by atoms with Gasteiger partial charge in [0.05, 0.1) is 0 Å². The Bertz CT molecular complexity index is 183. The second kappa shape index (κ2) is 17.4. The van der Waals surface area contributed by atoms with Crippen LogP contribution in [0, 0.1) is 0 Å². The summed E-state index contributed by atoms with van der Waals surface area (Å²) in [5.41, 5.74) is 0. The lowest BCUT2D eigenvalue weighted by atomic mass is 10.3. The van der Waals surface area contributed by atoms with Crippen LogP contribution in [0.5, 0.6) is 0 Å². The fourth-order valence-electron chi connectivity index (χ4n) is 1.74. The van der Waals surface area contributed by atoms with Gasteiger partial charge < -0.3 is 21.3 Å². The quantitative estimate of drug-likeness (QED) is 0.340. The second-order valence-electron chi connectivity index (χ2n) is 4.68. The van der Waals surface area contributed by atoms with E-state index in [1.54, 1.807) is 0 Å². The van der Waals surface area contributed by atoms with Crippen molar-refractivity contribution in [3.63, 3.8) is 0 Å². The first-order valence-corrected chi connectivity index (χ1v) is 7.92. The van der Waals surface area contributed by atoms with Gasteiger partial charge in [-0.3, -0.25) is 0 Å². The number of hydrogen-bond acceptors (Lipinski definition) is 4. The Morgan fingerprint density at radius 3 is 1.79 bits per heavy atom. The highest BCUT2D eigenvalue weighted by atomic mass is 14.9. The summed E-state index contributed by atoms with van der Waals surface area (Å²) in [6.07, 6.45) is 9.22. The molecule has 0 unspecified atom stereocenters. The molecule has 0 fully saturated rings. The van der Waals surface area contributed by atoms with Crippen molar-refractivity contribution in [1.82, 2.24) is 21.3 Å². The molecule has 0 aliphatic carbocycles. The molecule has 0 aliphatic rings. The van der Waals surface area contributed by atoms with Gasteiger partial charge in [0.1, 0.15) is 0 Å². The van der Waals surface area contributed by atoms with Crippen LogP contribution in [0.4, 0.5) is 0 Å². The Balaban J connectivity index is 3.01. The summed E-state index contributed by atoms with van der Waals surface area (Å²) in [6, 6.07) is 0. The zero-order chi connectivity index (χ0) is 14.0. The number of nitrogens with one attached hydrogen (secondary N) is 4. The van der Waals surface area contributed by atoms with Gasteiger partial charge in [0, 0.05) is 13.1 Å². The highest BCUT2D eigenvalue weighted by molar-refractivity contribution is 4.81. The van der Waals surface area contributed by atoms with E-state index >= 15 is 0 Å². The van der Waals surface area contributed by atoms with E-state index in [1.807, 2.05) is 0 Å². The molecule has 0 atom stereocenters. The minimum absolute atomic E-state index is 0.964. The molecule has 0 rings (SSSR count). The van der Waals surface area contributed by atoms with Gasteiger partial charge in [-0.15, -0.1) is 0 Å². The van der Waals surface area contributed by atoms with Crippen molar-refractivity contribution in [2.24, 2.45) is 0 Å². The average Bonchev–Trinajstić information content (AvgIpc) is 2.43. The van der Waals surface area contributed by atoms with E-state index < -0.39 is 0 Å². The van der Waals surface area contributed by atoms with Crippen molar-refractivity contribution in [3.8, 4) is 0 Å². The van der Waals surface area contributed by atoms with Gasteiger partial charge in [0.15, 0.2) is 0 Å². The van der Waals surface area contributed by atoms with Crippen LogP contribution >= 0.6 is 0 Å². The largest absolute Gasteiger partial charge is 0.391 e. The smallest absolute Gasteiger partial charge is 0.0151 e. The fraction of sp³-hybridized carbons (Fsp3) is 0.867. The summed E-state index contributed by atoms with van der Waals surface area (Å²) in [7, 11) is 0. The van der Waals surface area contributed by atoms with E-state index in [-0.39, 0.29) is 0 Å².